The Balaban J connectivity index is 1.81. The van der Waals surface area contributed by atoms with Crippen molar-refractivity contribution >= 4 is 27.5 Å². The molecule has 0 aliphatic heterocycles. The van der Waals surface area contributed by atoms with Gasteiger partial charge in [-0.1, -0.05) is 86.1 Å². The van der Waals surface area contributed by atoms with Gasteiger partial charge >= 0.3 is 0 Å². The third-order valence-electron chi connectivity index (χ3n) is 7.50. The number of carbonyl (C=O) groups excluding carboxylic acids is 2. The van der Waals surface area contributed by atoms with Crippen LogP contribution in [0, 0.1) is 19.7 Å². The highest BCUT2D eigenvalue weighted by molar-refractivity contribution is 7.92. The van der Waals surface area contributed by atoms with Gasteiger partial charge in [-0.25, -0.2) is 12.8 Å². The molecule has 1 N–H and O–H groups in total. The zero-order valence-electron chi connectivity index (χ0n) is 25.9. The molecule has 0 saturated heterocycles. The predicted octanol–water partition coefficient (Wildman–Crippen LogP) is 6.19. The minimum absolute atomic E-state index is 0.0238. The van der Waals surface area contributed by atoms with Crippen molar-refractivity contribution in [2.24, 2.45) is 0 Å². The lowest BCUT2D eigenvalue weighted by Crippen LogP contribution is -2.53. The second kappa shape index (κ2) is 15.5. The van der Waals surface area contributed by atoms with Crippen LogP contribution in [0.2, 0.25) is 0 Å². The number of hydrogen-bond donors (Lipinski definition) is 1. The Morgan fingerprint density at radius 3 is 2.07 bits per heavy atom. The molecule has 0 aliphatic rings. The van der Waals surface area contributed by atoms with E-state index in [1.165, 1.54) is 23.1 Å². The van der Waals surface area contributed by atoms with Crippen LogP contribution in [0.5, 0.6) is 0 Å². The number of aryl methyl sites for hydroxylation is 2. The van der Waals surface area contributed by atoms with Crippen molar-refractivity contribution in [2.75, 3.05) is 17.4 Å². The summed E-state index contributed by atoms with van der Waals surface area (Å²) in [6.45, 7) is 5.31. The number of benzene rings is 4. The van der Waals surface area contributed by atoms with Crippen LogP contribution in [-0.2, 0) is 32.6 Å². The fourth-order valence-corrected chi connectivity index (χ4v) is 6.63. The molecule has 0 heterocycles. The smallest absolute Gasteiger partial charge is 0.264 e. The van der Waals surface area contributed by atoms with E-state index < -0.39 is 34.3 Å². The third kappa shape index (κ3) is 8.79. The van der Waals surface area contributed by atoms with Crippen molar-refractivity contribution in [2.45, 2.75) is 57.5 Å². The predicted molar refractivity (Wildman–Crippen MR) is 176 cm³/mol. The number of carbonyl (C=O) groups is 2. The molecule has 0 saturated carbocycles. The minimum atomic E-state index is -4.21. The molecule has 0 aromatic heterocycles. The van der Waals surface area contributed by atoms with Gasteiger partial charge in [-0.2, -0.15) is 0 Å². The van der Waals surface area contributed by atoms with Gasteiger partial charge in [-0.05, 0) is 67.3 Å². The van der Waals surface area contributed by atoms with Crippen LogP contribution in [0.3, 0.4) is 0 Å². The van der Waals surface area contributed by atoms with Gasteiger partial charge in [0.05, 0.1) is 10.6 Å². The minimum Gasteiger partial charge on any atom is -0.354 e. The van der Waals surface area contributed by atoms with Gasteiger partial charge in [-0.15, -0.1) is 0 Å². The normalized spacial score (nSPS) is 11.9. The van der Waals surface area contributed by atoms with Gasteiger partial charge in [0.2, 0.25) is 11.8 Å². The van der Waals surface area contributed by atoms with Crippen LogP contribution < -0.4 is 9.62 Å². The summed E-state index contributed by atoms with van der Waals surface area (Å²) in [4.78, 5) is 29.6. The van der Waals surface area contributed by atoms with E-state index in [0.29, 0.717) is 12.2 Å². The highest BCUT2D eigenvalue weighted by atomic mass is 32.2. The molecule has 4 rings (SSSR count). The number of nitrogens with zero attached hydrogens (tertiary/aromatic N) is 2. The van der Waals surface area contributed by atoms with Crippen LogP contribution in [-0.4, -0.2) is 44.3 Å². The average Bonchev–Trinajstić information content (AvgIpc) is 3.02. The van der Waals surface area contributed by atoms with E-state index >= 15 is 4.39 Å². The van der Waals surface area contributed by atoms with Crippen LogP contribution in [0.25, 0.3) is 0 Å². The van der Waals surface area contributed by atoms with Gasteiger partial charge in [0.25, 0.3) is 10.0 Å². The molecule has 7 nitrogen and oxygen atoms in total. The average molecular weight is 630 g/mol. The van der Waals surface area contributed by atoms with Crippen LogP contribution in [0.4, 0.5) is 10.1 Å². The Morgan fingerprint density at radius 2 is 1.44 bits per heavy atom. The topological polar surface area (TPSA) is 86.8 Å². The van der Waals surface area contributed by atoms with Crippen molar-refractivity contribution in [1.82, 2.24) is 10.2 Å². The zero-order chi connectivity index (χ0) is 32.4. The monoisotopic (exact) mass is 629 g/mol. The largest absolute Gasteiger partial charge is 0.354 e. The van der Waals surface area contributed by atoms with Crippen LogP contribution >= 0.6 is 0 Å². The quantitative estimate of drug-likeness (QED) is 0.169. The number of sulfonamides is 1. The number of halogens is 1. The van der Waals surface area contributed by atoms with E-state index in [4.69, 9.17) is 0 Å². The summed E-state index contributed by atoms with van der Waals surface area (Å²) in [6, 6.07) is 27.6. The summed E-state index contributed by atoms with van der Waals surface area (Å²) in [7, 11) is -4.21. The standard InChI is InChI=1S/C36H40FN3O4S/c1-4-5-20-38-36(42)34(24-29-14-8-6-9-15-29)39(25-30-16-12-13-19-33(30)37)35(41)26-40(31-22-27(2)21-28(3)23-31)45(43,44)32-17-10-7-11-18-32/h6-19,21-23,34H,4-5,20,24-26H2,1-3H3,(H,38,42)/t34-/m1/s1. The van der Waals surface area contributed by atoms with Gasteiger partial charge < -0.3 is 10.2 Å². The fourth-order valence-electron chi connectivity index (χ4n) is 5.21. The molecule has 4 aromatic carbocycles. The second-order valence-corrected chi connectivity index (χ2v) is 13.0. The number of rotatable bonds is 14. The van der Waals surface area contributed by atoms with Crippen molar-refractivity contribution in [3.63, 3.8) is 0 Å². The molecular weight excluding hydrogens is 589 g/mol. The Labute approximate surface area is 265 Å². The van der Waals surface area contributed by atoms with Crippen LogP contribution in [0.15, 0.2) is 108 Å². The van der Waals surface area contributed by atoms with E-state index in [1.54, 1.807) is 48.5 Å². The van der Waals surface area contributed by atoms with Crippen molar-refractivity contribution in [3.05, 3.63) is 131 Å². The van der Waals surface area contributed by atoms with E-state index in [9.17, 15) is 18.0 Å². The maximum atomic E-state index is 15.0. The molecule has 2 amide bonds. The van der Waals surface area contributed by atoms with E-state index in [2.05, 4.69) is 5.32 Å². The molecule has 0 aliphatic carbocycles. The van der Waals surface area contributed by atoms with Crippen molar-refractivity contribution in [1.29, 1.82) is 0 Å². The molecule has 0 spiro atoms. The molecule has 45 heavy (non-hydrogen) atoms. The summed E-state index contributed by atoms with van der Waals surface area (Å²) in [5.41, 5.74) is 3.00. The van der Waals surface area contributed by atoms with Gasteiger partial charge in [0.15, 0.2) is 0 Å². The first-order valence-corrected chi connectivity index (χ1v) is 16.5. The molecule has 0 bridgehead atoms. The molecule has 0 radical (unpaired) electrons. The van der Waals surface area contributed by atoms with E-state index in [1.807, 2.05) is 57.2 Å². The number of unbranched alkanes of at least 4 members (excludes halogenated alkanes) is 1. The van der Waals surface area contributed by atoms with E-state index in [0.717, 1.165) is 33.8 Å². The third-order valence-corrected chi connectivity index (χ3v) is 9.29. The highest BCUT2D eigenvalue weighted by Gasteiger charge is 2.35. The number of hydrogen-bond acceptors (Lipinski definition) is 4. The summed E-state index contributed by atoms with van der Waals surface area (Å²) in [6.07, 6.45) is 1.78. The van der Waals surface area contributed by atoms with Gasteiger partial charge in [0.1, 0.15) is 18.4 Å². The molecule has 1 atom stereocenters. The maximum Gasteiger partial charge on any atom is 0.264 e. The summed E-state index contributed by atoms with van der Waals surface area (Å²) in [5.74, 6) is -1.55. The zero-order valence-corrected chi connectivity index (χ0v) is 26.8. The fraction of sp³-hybridized carbons (Fsp3) is 0.278. The first kappa shape index (κ1) is 33.4. The molecule has 236 valence electrons. The first-order valence-electron chi connectivity index (χ1n) is 15.1. The molecule has 0 fully saturated rings. The van der Waals surface area contributed by atoms with Gasteiger partial charge in [-0.3, -0.25) is 13.9 Å². The molecule has 0 unspecified atom stereocenters. The summed E-state index contributed by atoms with van der Waals surface area (Å²) in [5, 5.41) is 2.94. The lowest BCUT2D eigenvalue weighted by Gasteiger charge is -2.34. The number of amides is 2. The highest BCUT2D eigenvalue weighted by Crippen LogP contribution is 2.27. The molecule has 9 heteroatoms. The first-order chi connectivity index (χ1) is 21.6. The SMILES string of the molecule is CCCCNC(=O)[C@@H](Cc1ccccc1)N(Cc1ccccc1F)C(=O)CN(c1cc(C)cc(C)c1)S(=O)(=O)c1ccccc1. The van der Waals surface area contributed by atoms with Crippen molar-refractivity contribution in [3.8, 4) is 0 Å². The Bertz CT molecular complexity index is 1680. The lowest BCUT2D eigenvalue weighted by molar-refractivity contribution is -0.140. The summed E-state index contributed by atoms with van der Waals surface area (Å²) >= 11 is 0. The van der Waals surface area contributed by atoms with Gasteiger partial charge in [0, 0.05) is 25.1 Å². The molecular formula is C36H40FN3O4S. The Kier molecular flexibility index (Phi) is 11.5. The number of nitrogens with one attached hydrogen (secondary N) is 1. The summed E-state index contributed by atoms with van der Waals surface area (Å²) < 4.78 is 44.3. The lowest BCUT2D eigenvalue weighted by atomic mass is 10.0. The van der Waals surface area contributed by atoms with Crippen LogP contribution in [0.1, 0.15) is 42.0 Å². The van der Waals surface area contributed by atoms with E-state index in [-0.39, 0.29) is 29.3 Å². The van der Waals surface area contributed by atoms with Crippen molar-refractivity contribution < 1.29 is 22.4 Å². The molecule has 4 aromatic rings. The Morgan fingerprint density at radius 1 is 0.844 bits per heavy atom. The maximum absolute atomic E-state index is 15.0. The number of anilines is 1. The second-order valence-electron chi connectivity index (χ2n) is 11.1. The Hall–Kier alpha value is -4.50.